The van der Waals surface area contributed by atoms with Gasteiger partial charge in [-0.3, -0.25) is 0 Å². The minimum atomic E-state index is -2.71. The summed E-state index contributed by atoms with van der Waals surface area (Å²) in [6.45, 7) is 2.45. The first-order valence-electron chi connectivity index (χ1n) is 5.20. The van der Waals surface area contributed by atoms with Crippen molar-refractivity contribution < 1.29 is 13.3 Å². The Morgan fingerprint density at radius 1 is 1.12 bits per heavy atom. The van der Waals surface area contributed by atoms with E-state index in [1.807, 2.05) is 49.4 Å². The van der Waals surface area contributed by atoms with E-state index in [1.165, 1.54) is 0 Å². The first kappa shape index (κ1) is 13.1. The quantitative estimate of drug-likeness (QED) is 0.558. The molecular formula is C12H18O3Si. The molecule has 0 saturated carbocycles. The van der Waals surface area contributed by atoms with E-state index in [0.29, 0.717) is 6.61 Å². The van der Waals surface area contributed by atoms with E-state index in [9.17, 15) is 0 Å². The Labute approximate surface area is 98.0 Å². The van der Waals surface area contributed by atoms with E-state index >= 15 is 0 Å². The van der Waals surface area contributed by atoms with Gasteiger partial charge in [0.25, 0.3) is 0 Å². The summed E-state index contributed by atoms with van der Waals surface area (Å²) in [5.74, 6) is 0. The van der Waals surface area contributed by atoms with E-state index in [4.69, 9.17) is 13.3 Å². The molecule has 0 atom stereocenters. The highest BCUT2D eigenvalue weighted by atomic mass is 28.4. The third-order valence-corrected chi connectivity index (χ3v) is 4.93. The molecule has 0 aliphatic rings. The summed E-state index contributed by atoms with van der Waals surface area (Å²) in [4.78, 5) is 0. The van der Waals surface area contributed by atoms with Crippen molar-refractivity contribution in [2.24, 2.45) is 0 Å². The first-order valence-corrected chi connectivity index (χ1v) is 6.92. The van der Waals surface area contributed by atoms with Gasteiger partial charge in [0.15, 0.2) is 0 Å². The monoisotopic (exact) mass is 238 g/mol. The molecule has 0 aromatic heterocycles. The highest BCUT2D eigenvalue weighted by Gasteiger charge is 2.41. The summed E-state index contributed by atoms with van der Waals surface area (Å²) in [5.41, 5.74) is 0. The van der Waals surface area contributed by atoms with Crippen LogP contribution in [-0.4, -0.2) is 29.6 Å². The van der Waals surface area contributed by atoms with Crippen LogP contribution in [0.5, 0.6) is 0 Å². The summed E-state index contributed by atoms with van der Waals surface area (Å²) >= 11 is 0. The highest BCUT2D eigenvalue weighted by molar-refractivity contribution is 6.75. The van der Waals surface area contributed by atoms with Gasteiger partial charge in [-0.15, -0.1) is 0 Å². The Kier molecular flexibility index (Phi) is 5.41. The SMILES string of the molecule is CC=CCO[Si](OC)(OC)c1ccccc1. The van der Waals surface area contributed by atoms with Gasteiger partial charge in [0.2, 0.25) is 0 Å². The van der Waals surface area contributed by atoms with Gasteiger partial charge in [-0.25, -0.2) is 0 Å². The molecule has 0 fully saturated rings. The van der Waals surface area contributed by atoms with Crippen LogP contribution < -0.4 is 5.19 Å². The van der Waals surface area contributed by atoms with Crippen LogP contribution in [0.25, 0.3) is 0 Å². The van der Waals surface area contributed by atoms with E-state index in [1.54, 1.807) is 14.2 Å². The summed E-state index contributed by atoms with van der Waals surface area (Å²) in [6.07, 6.45) is 3.87. The van der Waals surface area contributed by atoms with Crippen LogP contribution in [0.15, 0.2) is 42.5 Å². The molecule has 0 aliphatic heterocycles. The van der Waals surface area contributed by atoms with E-state index < -0.39 is 8.80 Å². The largest absolute Gasteiger partial charge is 0.536 e. The number of benzene rings is 1. The second kappa shape index (κ2) is 6.60. The second-order valence-electron chi connectivity index (χ2n) is 3.21. The van der Waals surface area contributed by atoms with Crippen LogP contribution in [-0.2, 0) is 13.3 Å². The van der Waals surface area contributed by atoms with Gasteiger partial charge in [-0.2, -0.15) is 0 Å². The van der Waals surface area contributed by atoms with Crippen LogP contribution >= 0.6 is 0 Å². The van der Waals surface area contributed by atoms with Crippen LogP contribution in [0.3, 0.4) is 0 Å². The molecule has 3 nitrogen and oxygen atoms in total. The lowest BCUT2D eigenvalue weighted by molar-refractivity contribution is 0.126. The van der Waals surface area contributed by atoms with Crippen molar-refractivity contribution >= 4 is 14.0 Å². The zero-order chi connectivity index (χ0) is 11.9. The minimum Gasteiger partial charge on any atom is -0.373 e. The topological polar surface area (TPSA) is 27.7 Å². The van der Waals surface area contributed by atoms with Crippen molar-refractivity contribution in [3.05, 3.63) is 42.5 Å². The first-order chi connectivity index (χ1) is 7.79. The van der Waals surface area contributed by atoms with E-state index in [0.717, 1.165) is 5.19 Å². The van der Waals surface area contributed by atoms with Crippen LogP contribution in [0.2, 0.25) is 0 Å². The van der Waals surface area contributed by atoms with Gasteiger partial charge in [0, 0.05) is 19.4 Å². The third kappa shape index (κ3) is 3.02. The maximum Gasteiger partial charge on any atom is 0.536 e. The van der Waals surface area contributed by atoms with Crippen molar-refractivity contribution in [1.82, 2.24) is 0 Å². The molecule has 4 heteroatoms. The van der Waals surface area contributed by atoms with Gasteiger partial charge >= 0.3 is 8.80 Å². The molecule has 0 bridgehead atoms. The smallest absolute Gasteiger partial charge is 0.373 e. The highest BCUT2D eigenvalue weighted by Crippen LogP contribution is 2.08. The lowest BCUT2D eigenvalue weighted by Gasteiger charge is -2.25. The average Bonchev–Trinajstić information content (AvgIpc) is 2.36. The summed E-state index contributed by atoms with van der Waals surface area (Å²) < 4.78 is 16.7. The molecule has 0 unspecified atom stereocenters. The molecule has 0 spiro atoms. The molecule has 1 aromatic carbocycles. The molecule has 1 rings (SSSR count). The standard InChI is InChI=1S/C12H18O3Si/c1-4-5-11-15-16(13-2,14-3)12-9-7-6-8-10-12/h4-10H,11H2,1-3H3. The zero-order valence-corrected chi connectivity index (χ0v) is 11.0. The van der Waals surface area contributed by atoms with E-state index in [-0.39, 0.29) is 0 Å². The fraction of sp³-hybridized carbons (Fsp3) is 0.333. The Morgan fingerprint density at radius 2 is 1.75 bits per heavy atom. The Balaban J connectivity index is 2.87. The predicted molar refractivity (Wildman–Crippen MR) is 66.6 cm³/mol. The lowest BCUT2D eigenvalue weighted by Crippen LogP contribution is -2.55. The fourth-order valence-electron chi connectivity index (χ4n) is 1.42. The van der Waals surface area contributed by atoms with Gasteiger partial charge in [-0.1, -0.05) is 42.5 Å². The normalized spacial score (nSPS) is 12.2. The van der Waals surface area contributed by atoms with Crippen molar-refractivity contribution in [2.75, 3.05) is 20.8 Å². The summed E-state index contributed by atoms with van der Waals surface area (Å²) in [6, 6.07) is 9.80. The number of hydrogen-bond acceptors (Lipinski definition) is 3. The summed E-state index contributed by atoms with van der Waals surface area (Å²) in [5, 5.41) is 0.976. The van der Waals surface area contributed by atoms with Crippen molar-refractivity contribution in [3.8, 4) is 0 Å². The Bertz CT molecular complexity index is 320. The molecule has 0 saturated heterocycles. The lowest BCUT2D eigenvalue weighted by atomic mass is 10.4. The van der Waals surface area contributed by atoms with Gasteiger partial charge in [0.1, 0.15) is 0 Å². The average molecular weight is 238 g/mol. The molecule has 16 heavy (non-hydrogen) atoms. The number of hydrogen-bond donors (Lipinski definition) is 0. The van der Waals surface area contributed by atoms with Gasteiger partial charge in [-0.05, 0) is 6.92 Å². The van der Waals surface area contributed by atoms with Crippen molar-refractivity contribution in [1.29, 1.82) is 0 Å². The van der Waals surface area contributed by atoms with Gasteiger partial charge in [0.05, 0.1) is 6.61 Å². The minimum absolute atomic E-state index is 0.499. The van der Waals surface area contributed by atoms with Crippen molar-refractivity contribution in [3.63, 3.8) is 0 Å². The van der Waals surface area contributed by atoms with E-state index in [2.05, 4.69) is 0 Å². The second-order valence-corrected chi connectivity index (χ2v) is 6.01. The molecule has 0 aliphatic carbocycles. The molecule has 0 N–H and O–H groups in total. The molecule has 0 heterocycles. The number of allylic oxidation sites excluding steroid dienone is 1. The molecule has 88 valence electrons. The van der Waals surface area contributed by atoms with Crippen LogP contribution in [0, 0.1) is 0 Å². The molecular weight excluding hydrogens is 220 g/mol. The maximum absolute atomic E-state index is 5.76. The maximum atomic E-state index is 5.76. The predicted octanol–water partition coefficient (Wildman–Crippen LogP) is 1.72. The van der Waals surface area contributed by atoms with Crippen molar-refractivity contribution in [2.45, 2.75) is 6.92 Å². The molecule has 0 amide bonds. The fourth-order valence-corrected chi connectivity index (χ4v) is 3.37. The summed E-state index contributed by atoms with van der Waals surface area (Å²) in [7, 11) is 0.539. The Hall–Kier alpha value is -0.943. The Morgan fingerprint density at radius 3 is 2.25 bits per heavy atom. The van der Waals surface area contributed by atoms with Crippen LogP contribution in [0.4, 0.5) is 0 Å². The molecule has 0 radical (unpaired) electrons. The van der Waals surface area contributed by atoms with Gasteiger partial charge < -0.3 is 13.3 Å². The zero-order valence-electron chi connectivity index (χ0n) is 9.97. The third-order valence-electron chi connectivity index (χ3n) is 2.27. The molecule has 1 aromatic rings. The van der Waals surface area contributed by atoms with Crippen LogP contribution in [0.1, 0.15) is 6.92 Å². The number of rotatable bonds is 6.